The van der Waals surface area contributed by atoms with Crippen LogP contribution in [0, 0.1) is 5.82 Å². The molecule has 7 nitrogen and oxygen atoms in total. The summed E-state index contributed by atoms with van der Waals surface area (Å²) in [5.41, 5.74) is 8.52. The first-order chi connectivity index (χ1) is 13.7. The molecule has 1 fully saturated rings. The number of nitrogens with two attached hydrogens (primary N) is 1. The lowest BCUT2D eigenvalue weighted by atomic mass is 10.1. The summed E-state index contributed by atoms with van der Waals surface area (Å²) in [6.07, 6.45) is 7.16. The number of hydrogen-bond acceptors (Lipinski definition) is 6. The van der Waals surface area contributed by atoms with E-state index in [0.717, 1.165) is 29.8 Å². The molecule has 0 atom stereocenters. The molecule has 1 aliphatic rings. The van der Waals surface area contributed by atoms with Gasteiger partial charge < -0.3 is 15.8 Å². The number of aliphatic imine (C=N–C) groups is 1. The number of halogens is 1. The molecule has 1 aliphatic carbocycles. The van der Waals surface area contributed by atoms with Gasteiger partial charge in [0.15, 0.2) is 5.65 Å². The lowest BCUT2D eigenvalue weighted by Crippen LogP contribution is -2.08. The van der Waals surface area contributed by atoms with Crippen LogP contribution in [0.1, 0.15) is 24.0 Å². The molecule has 0 amide bonds. The van der Waals surface area contributed by atoms with Crippen LogP contribution in [0.3, 0.4) is 0 Å². The predicted octanol–water partition coefficient (Wildman–Crippen LogP) is 3.02. The van der Waals surface area contributed by atoms with Crippen LogP contribution in [0.5, 0.6) is 5.75 Å². The minimum Gasteiger partial charge on any atom is -0.496 e. The molecule has 0 bridgehead atoms. The second kappa shape index (κ2) is 7.67. The molecule has 2 heterocycles. The summed E-state index contributed by atoms with van der Waals surface area (Å²) in [5.74, 6) is 0.895. The molecule has 0 saturated heterocycles. The van der Waals surface area contributed by atoms with Crippen molar-refractivity contribution in [1.29, 1.82) is 0 Å². The average Bonchev–Trinajstić information content (AvgIpc) is 3.41. The lowest BCUT2D eigenvalue weighted by molar-refractivity contribution is 0.405. The van der Waals surface area contributed by atoms with Crippen LogP contribution in [-0.2, 0) is 6.54 Å². The molecule has 28 heavy (non-hydrogen) atoms. The quantitative estimate of drug-likeness (QED) is 0.615. The molecule has 0 unspecified atom stereocenters. The number of ether oxygens (including phenoxy) is 1. The van der Waals surface area contributed by atoms with Crippen LogP contribution >= 0.6 is 0 Å². The Labute approximate surface area is 161 Å². The van der Waals surface area contributed by atoms with Gasteiger partial charge in [-0.25, -0.2) is 4.39 Å². The standard InChI is InChI=1S/C20H21FN6O/c1-28-18-4-2-3-17(21)16(18)11-24-19-8-7-15(20-26-25-12-27(19)20)13(9-22)10-23-14-5-6-14/h2-4,7-10,12,14,24H,5-6,11,22H2,1H3. The average molecular weight is 380 g/mol. The van der Waals surface area contributed by atoms with E-state index in [4.69, 9.17) is 10.5 Å². The van der Waals surface area contributed by atoms with Gasteiger partial charge in [0.05, 0.1) is 13.2 Å². The Hall–Kier alpha value is -3.42. The number of methoxy groups -OCH3 is 1. The molecule has 144 valence electrons. The van der Waals surface area contributed by atoms with Crippen molar-refractivity contribution in [3.63, 3.8) is 0 Å². The van der Waals surface area contributed by atoms with Gasteiger partial charge in [0.1, 0.15) is 23.7 Å². The number of hydrogen-bond donors (Lipinski definition) is 2. The minimum absolute atomic E-state index is 0.255. The van der Waals surface area contributed by atoms with Crippen molar-refractivity contribution in [3.8, 4) is 5.75 Å². The van der Waals surface area contributed by atoms with Crippen LogP contribution in [0.4, 0.5) is 10.2 Å². The molecular formula is C20H21FN6O. The van der Waals surface area contributed by atoms with Crippen molar-refractivity contribution in [3.05, 3.63) is 59.8 Å². The van der Waals surface area contributed by atoms with Crippen molar-refractivity contribution in [2.24, 2.45) is 10.7 Å². The fraction of sp³-hybridized carbons (Fsp3) is 0.250. The molecule has 4 rings (SSSR count). The van der Waals surface area contributed by atoms with Gasteiger partial charge in [0, 0.05) is 35.7 Å². The van der Waals surface area contributed by atoms with E-state index < -0.39 is 0 Å². The van der Waals surface area contributed by atoms with E-state index in [1.807, 2.05) is 12.1 Å². The van der Waals surface area contributed by atoms with Crippen LogP contribution in [0.25, 0.3) is 11.2 Å². The molecule has 0 aliphatic heterocycles. The number of allylic oxidation sites excluding steroid dienone is 1. The molecule has 3 N–H and O–H groups in total. The van der Waals surface area contributed by atoms with E-state index in [-0.39, 0.29) is 12.4 Å². The number of rotatable bonds is 7. The van der Waals surface area contributed by atoms with Crippen molar-refractivity contribution < 1.29 is 9.13 Å². The third-order valence-corrected chi connectivity index (χ3v) is 4.66. The summed E-state index contributed by atoms with van der Waals surface area (Å²) in [5, 5.41) is 11.5. The van der Waals surface area contributed by atoms with Crippen molar-refractivity contribution in [1.82, 2.24) is 14.6 Å². The largest absolute Gasteiger partial charge is 0.496 e. The van der Waals surface area contributed by atoms with Crippen LogP contribution in [0.15, 0.2) is 47.9 Å². The highest BCUT2D eigenvalue weighted by atomic mass is 19.1. The number of benzene rings is 1. The van der Waals surface area contributed by atoms with Gasteiger partial charge >= 0.3 is 0 Å². The van der Waals surface area contributed by atoms with Gasteiger partial charge in [-0.2, -0.15) is 0 Å². The Morgan fingerprint density at radius 1 is 1.39 bits per heavy atom. The summed E-state index contributed by atoms with van der Waals surface area (Å²) in [6.45, 7) is 0.255. The van der Waals surface area contributed by atoms with Gasteiger partial charge in [-0.05, 0) is 37.1 Å². The SMILES string of the molecule is COc1cccc(F)c1CNc1ccc(C(C=NC2CC2)=CN)c2nncn12. The second-order valence-electron chi connectivity index (χ2n) is 6.56. The molecular weight excluding hydrogens is 359 g/mol. The highest BCUT2D eigenvalue weighted by Gasteiger charge is 2.19. The fourth-order valence-corrected chi connectivity index (χ4v) is 2.97. The first kappa shape index (κ1) is 18.0. The Balaban J connectivity index is 1.62. The summed E-state index contributed by atoms with van der Waals surface area (Å²) in [4.78, 5) is 4.50. The van der Waals surface area contributed by atoms with E-state index in [0.29, 0.717) is 23.0 Å². The summed E-state index contributed by atoms with van der Waals surface area (Å²) in [6, 6.07) is 8.95. The Morgan fingerprint density at radius 3 is 3.00 bits per heavy atom. The van der Waals surface area contributed by atoms with Gasteiger partial charge in [0.25, 0.3) is 0 Å². The number of fused-ring (bicyclic) bond motifs is 1. The first-order valence-corrected chi connectivity index (χ1v) is 9.04. The Kier molecular flexibility index (Phi) is 4.92. The monoisotopic (exact) mass is 380 g/mol. The lowest BCUT2D eigenvalue weighted by Gasteiger charge is -2.13. The second-order valence-corrected chi connectivity index (χ2v) is 6.56. The number of aromatic nitrogens is 3. The van der Waals surface area contributed by atoms with Gasteiger partial charge in [-0.3, -0.25) is 9.39 Å². The molecule has 0 spiro atoms. The molecule has 3 aromatic rings. The van der Waals surface area contributed by atoms with Crippen molar-refractivity contribution in [2.45, 2.75) is 25.4 Å². The molecule has 0 radical (unpaired) electrons. The predicted molar refractivity (Wildman–Crippen MR) is 107 cm³/mol. The number of nitrogens with zero attached hydrogens (tertiary/aromatic N) is 4. The first-order valence-electron chi connectivity index (χ1n) is 9.04. The normalized spacial score (nSPS) is 14.7. The molecule has 1 saturated carbocycles. The maximum atomic E-state index is 14.2. The zero-order chi connectivity index (χ0) is 19.5. The van der Waals surface area contributed by atoms with E-state index in [9.17, 15) is 4.39 Å². The van der Waals surface area contributed by atoms with Crippen LogP contribution in [0.2, 0.25) is 0 Å². The van der Waals surface area contributed by atoms with Crippen molar-refractivity contribution in [2.75, 3.05) is 12.4 Å². The third kappa shape index (κ3) is 3.53. The maximum absolute atomic E-state index is 14.2. The maximum Gasteiger partial charge on any atom is 0.170 e. The van der Waals surface area contributed by atoms with E-state index in [2.05, 4.69) is 20.5 Å². The molecule has 1 aromatic carbocycles. The fourth-order valence-electron chi connectivity index (χ4n) is 2.97. The van der Waals surface area contributed by atoms with Gasteiger partial charge in [-0.1, -0.05) is 6.07 Å². The van der Waals surface area contributed by atoms with Crippen LogP contribution < -0.4 is 15.8 Å². The summed E-state index contributed by atoms with van der Waals surface area (Å²) < 4.78 is 21.2. The molecule has 8 heteroatoms. The Morgan fingerprint density at radius 2 is 2.25 bits per heavy atom. The molecule has 2 aromatic heterocycles. The highest BCUT2D eigenvalue weighted by molar-refractivity contribution is 6.12. The van der Waals surface area contributed by atoms with Crippen LogP contribution in [-0.4, -0.2) is 34.0 Å². The third-order valence-electron chi connectivity index (χ3n) is 4.66. The number of pyridine rings is 1. The smallest absolute Gasteiger partial charge is 0.170 e. The Bertz CT molecular complexity index is 1050. The number of anilines is 1. The van der Waals surface area contributed by atoms with Gasteiger partial charge in [-0.15, -0.1) is 10.2 Å². The van der Waals surface area contributed by atoms with Gasteiger partial charge in [0.2, 0.25) is 0 Å². The van der Waals surface area contributed by atoms with Crippen molar-refractivity contribution >= 4 is 23.3 Å². The van der Waals surface area contributed by atoms with E-state index in [1.54, 1.807) is 29.1 Å². The zero-order valence-corrected chi connectivity index (χ0v) is 15.5. The summed E-state index contributed by atoms with van der Waals surface area (Å²) >= 11 is 0. The summed E-state index contributed by atoms with van der Waals surface area (Å²) in [7, 11) is 1.52. The zero-order valence-electron chi connectivity index (χ0n) is 15.5. The van der Waals surface area contributed by atoms with E-state index >= 15 is 0 Å². The highest BCUT2D eigenvalue weighted by Crippen LogP contribution is 2.26. The van der Waals surface area contributed by atoms with E-state index in [1.165, 1.54) is 19.4 Å². The minimum atomic E-state index is -0.326. The number of nitrogens with one attached hydrogen (secondary N) is 1. The topological polar surface area (TPSA) is 89.8 Å².